The zero-order valence-corrected chi connectivity index (χ0v) is 13.3. The first kappa shape index (κ1) is 14.7. The number of nitrogen functional groups attached to an aromatic ring is 1. The van der Waals surface area contributed by atoms with E-state index in [0.717, 1.165) is 17.5 Å². The van der Waals surface area contributed by atoms with Crippen LogP contribution in [-0.2, 0) is 0 Å². The minimum atomic E-state index is -0.239. The molecule has 0 amide bonds. The quantitative estimate of drug-likeness (QED) is 0.758. The molecule has 1 aliphatic heterocycles. The SMILES string of the molecule is Cc1cccc([C@@H]2C[C@@H](c3ccc(F)cc3)Nc3nc(N)nn32)c1. The average molecular weight is 323 g/mol. The number of anilines is 2. The second-order valence-corrected chi connectivity index (χ2v) is 6.15. The van der Waals surface area contributed by atoms with E-state index in [9.17, 15) is 4.39 Å². The highest BCUT2D eigenvalue weighted by Crippen LogP contribution is 2.38. The molecule has 0 spiro atoms. The van der Waals surface area contributed by atoms with Gasteiger partial charge in [0.05, 0.1) is 12.1 Å². The lowest BCUT2D eigenvalue weighted by Crippen LogP contribution is -2.28. The van der Waals surface area contributed by atoms with E-state index in [1.165, 1.54) is 17.7 Å². The van der Waals surface area contributed by atoms with Gasteiger partial charge in [-0.1, -0.05) is 42.0 Å². The first-order chi connectivity index (χ1) is 11.6. The normalized spacial score (nSPS) is 19.6. The van der Waals surface area contributed by atoms with Gasteiger partial charge in [-0.05, 0) is 36.6 Å². The Hall–Kier alpha value is -2.89. The molecule has 3 aromatic rings. The Morgan fingerprint density at radius 1 is 1.17 bits per heavy atom. The number of nitrogens with zero attached hydrogens (tertiary/aromatic N) is 3. The molecule has 1 aromatic heterocycles. The van der Waals surface area contributed by atoms with Crippen LogP contribution in [0.15, 0.2) is 48.5 Å². The summed E-state index contributed by atoms with van der Waals surface area (Å²) < 4.78 is 15.1. The van der Waals surface area contributed by atoms with Gasteiger partial charge in [-0.3, -0.25) is 0 Å². The molecule has 2 aromatic carbocycles. The molecule has 1 aliphatic rings. The van der Waals surface area contributed by atoms with Gasteiger partial charge in [0.15, 0.2) is 0 Å². The third-order valence-corrected chi connectivity index (χ3v) is 4.40. The third kappa shape index (κ3) is 2.60. The molecule has 3 N–H and O–H groups in total. The van der Waals surface area contributed by atoms with Crippen molar-refractivity contribution in [1.29, 1.82) is 0 Å². The Kier molecular flexibility index (Phi) is 3.45. The molecule has 4 rings (SSSR count). The van der Waals surface area contributed by atoms with Crippen molar-refractivity contribution in [3.05, 3.63) is 71.0 Å². The Morgan fingerprint density at radius 3 is 2.71 bits per heavy atom. The number of benzene rings is 2. The summed E-state index contributed by atoms with van der Waals surface area (Å²) in [7, 11) is 0. The van der Waals surface area contributed by atoms with Crippen LogP contribution in [0.25, 0.3) is 0 Å². The van der Waals surface area contributed by atoms with Crippen LogP contribution < -0.4 is 11.1 Å². The number of hydrogen-bond donors (Lipinski definition) is 2. The molecule has 5 nitrogen and oxygen atoms in total. The number of fused-ring (bicyclic) bond motifs is 1. The van der Waals surface area contributed by atoms with Crippen LogP contribution in [0.1, 0.15) is 35.2 Å². The summed E-state index contributed by atoms with van der Waals surface area (Å²) in [6.45, 7) is 2.07. The van der Waals surface area contributed by atoms with E-state index in [0.29, 0.717) is 5.95 Å². The van der Waals surface area contributed by atoms with Crippen molar-refractivity contribution in [2.75, 3.05) is 11.1 Å². The molecule has 2 heterocycles. The number of hydrogen-bond acceptors (Lipinski definition) is 4. The molecule has 0 aliphatic carbocycles. The number of halogens is 1. The summed E-state index contributed by atoms with van der Waals surface area (Å²) in [5.41, 5.74) is 9.17. The summed E-state index contributed by atoms with van der Waals surface area (Å²) in [6.07, 6.45) is 0.783. The number of rotatable bonds is 2. The van der Waals surface area contributed by atoms with Gasteiger partial charge in [-0.25, -0.2) is 9.07 Å². The van der Waals surface area contributed by atoms with Gasteiger partial charge in [0.25, 0.3) is 0 Å². The molecule has 122 valence electrons. The first-order valence-electron chi connectivity index (χ1n) is 7.91. The Morgan fingerprint density at radius 2 is 1.96 bits per heavy atom. The van der Waals surface area contributed by atoms with Gasteiger partial charge in [0.1, 0.15) is 5.82 Å². The monoisotopic (exact) mass is 323 g/mol. The maximum absolute atomic E-state index is 13.2. The topological polar surface area (TPSA) is 68.8 Å². The fourth-order valence-corrected chi connectivity index (χ4v) is 3.26. The summed E-state index contributed by atoms with van der Waals surface area (Å²) in [5.74, 6) is 0.645. The van der Waals surface area contributed by atoms with Crippen LogP contribution in [0, 0.1) is 12.7 Å². The van der Waals surface area contributed by atoms with E-state index >= 15 is 0 Å². The van der Waals surface area contributed by atoms with E-state index in [4.69, 9.17) is 5.73 Å². The van der Waals surface area contributed by atoms with E-state index in [-0.39, 0.29) is 23.8 Å². The summed E-state index contributed by atoms with van der Waals surface area (Å²) >= 11 is 0. The maximum atomic E-state index is 13.2. The first-order valence-corrected chi connectivity index (χ1v) is 7.91. The molecule has 24 heavy (non-hydrogen) atoms. The Labute approximate surface area is 139 Å². The van der Waals surface area contributed by atoms with E-state index in [1.807, 2.05) is 10.7 Å². The fourth-order valence-electron chi connectivity index (χ4n) is 3.26. The van der Waals surface area contributed by atoms with Crippen molar-refractivity contribution >= 4 is 11.9 Å². The summed E-state index contributed by atoms with van der Waals surface area (Å²) in [5, 5.41) is 7.70. The molecule has 0 fully saturated rings. The lowest BCUT2D eigenvalue weighted by atomic mass is 9.93. The fraction of sp³-hybridized carbons (Fsp3) is 0.222. The van der Waals surface area contributed by atoms with Crippen LogP contribution in [0.2, 0.25) is 0 Å². The number of aryl methyl sites for hydroxylation is 1. The second kappa shape index (κ2) is 5.63. The van der Waals surface area contributed by atoms with Crippen molar-refractivity contribution in [3.63, 3.8) is 0 Å². The smallest absolute Gasteiger partial charge is 0.241 e. The van der Waals surface area contributed by atoms with E-state index < -0.39 is 0 Å². The van der Waals surface area contributed by atoms with Gasteiger partial charge in [-0.15, -0.1) is 5.10 Å². The third-order valence-electron chi connectivity index (χ3n) is 4.40. The summed E-state index contributed by atoms with van der Waals surface area (Å²) in [4.78, 5) is 4.29. The summed E-state index contributed by atoms with van der Waals surface area (Å²) in [6, 6.07) is 15.0. The van der Waals surface area contributed by atoms with Crippen molar-refractivity contribution in [1.82, 2.24) is 14.8 Å². The highest BCUT2D eigenvalue weighted by molar-refractivity contribution is 5.42. The molecule has 0 radical (unpaired) electrons. The predicted molar refractivity (Wildman–Crippen MR) is 91.1 cm³/mol. The standard InChI is InChI=1S/C18H18FN5/c1-11-3-2-4-13(9-11)16-10-15(12-5-7-14(19)8-6-12)21-18-22-17(20)23-24(16)18/h2-9,15-16H,10H2,1H3,(H3,20,21,22,23)/t15-,16-/m0/s1. The van der Waals surface area contributed by atoms with Crippen molar-refractivity contribution in [2.45, 2.75) is 25.4 Å². The zero-order chi connectivity index (χ0) is 16.7. The largest absolute Gasteiger partial charge is 0.366 e. The lowest BCUT2D eigenvalue weighted by Gasteiger charge is -2.31. The lowest BCUT2D eigenvalue weighted by molar-refractivity contribution is 0.431. The van der Waals surface area contributed by atoms with Gasteiger partial charge < -0.3 is 11.1 Å². The Bertz CT molecular complexity index is 871. The van der Waals surface area contributed by atoms with Gasteiger partial charge >= 0.3 is 0 Å². The van der Waals surface area contributed by atoms with Crippen LogP contribution >= 0.6 is 0 Å². The molecule has 0 saturated carbocycles. The molecular formula is C18H18FN5. The van der Waals surface area contributed by atoms with E-state index in [1.54, 1.807) is 12.1 Å². The molecule has 6 heteroatoms. The minimum absolute atomic E-state index is 0.0206. The maximum Gasteiger partial charge on any atom is 0.241 e. The van der Waals surface area contributed by atoms with Crippen LogP contribution in [0.5, 0.6) is 0 Å². The molecular weight excluding hydrogens is 305 g/mol. The predicted octanol–water partition coefficient (Wildman–Crippen LogP) is 3.45. The number of aromatic nitrogens is 3. The van der Waals surface area contributed by atoms with Gasteiger partial charge in [0.2, 0.25) is 11.9 Å². The van der Waals surface area contributed by atoms with E-state index in [2.05, 4.69) is 40.5 Å². The Balaban J connectivity index is 1.76. The average Bonchev–Trinajstić information content (AvgIpc) is 2.94. The van der Waals surface area contributed by atoms with Crippen LogP contribution in [0.3, 0.4) is 0 Å². The van der Waals surface area contributed by atoms with Crippen molar-refractivity contribution < 1.29 is 4.39 Å². The van der Waals surface area contributed by atoms with Crippen LogP contribution in [0.4, 0.5) is 16.3 Å². The highest BCUT2D eigenvalue weighted by atomic mass is 19.1. The highest BCUT2D eigenvalue weighted by Gasteiger charge is 2.30. The molecule has 0 bridgehead atoms. The van der Waals surface area contributed by atoms with Crippen molar-refractivity contribution in [3.8, 4) is 0 Å². The molecule has 0 unspecified atom stereocenters. The van der Waals surface area contributed by atoms with Gasteiger partial charge in [0, 0.05) is 0 Å². The molecule has 0 saturated heterocycles. The minimum Gasteiger partial charge on any atom is -0.366 e. The molecule has 2 atom stereocenters. The number of nitrogens with two attached hydrogens (primary N) is 1. The zero-order valence-electron chi connectivity index (χ0n) is 13.3. The van der Waals surface area contributed by atoms with Crippen molar-refractivity contribution in [2.24, 2.45) is 0 Å². The van der Waals surface area contributed by atoms with Gasteiger partial charge in [-0.2, -0.15) is 4.98 Å². The van der Waals surface area contributed by atoms with Crippen LogP contribution in [-0.4, -0.2) is 14.8 Å². The second-order valence-electron chi connectivity index (χ2n) is 6.15. The number of nitrogens with one attached hydrogen (secondary N) is 1.